The van der Waals surface area contributed by atoms with Crippen molar-refractivity contribution in [2.45, 2.75) is 25.9 Å². The molecule has 3 rings (SSSR count). The summed E-state index contributed by atoms with van der Waals surface area (Å²) in [7, 11) is 1.64. The smallest absolute Gasteiger partial charge is 0.214 e. The van der Waals surface area contributed by atoms with Crippen LogP contribution in [0.15, 0.2) is 23.2 Å². The van der Waals surface area contributed by atoms with Crippen molar-refractivity contribution in [2.24, 2.45) is 10.9 Å². The second kappa shape index (κ2) is 6.98. The van der Waals surface area contributed by atoms with Crippen molar-refractivity contribution in [1.29, 1.82) is 0 Å². The molecule has 0 aromatic heterocycles. The summed E-state index contributed by atoms with van der Waals surface area (Å²) >= 11 is 0. The van der Waals surface area contributed by atoms with Crippen LogP contribution >= 0.6 is 0 Å². The lowest BCUT2D eigenvalue weighted by molar-refractivity contribution is 0.164. The summed E-state index contributed by atoms with van der Waals surface area (Å²) in [4.78, 5) is 10.3. The summed E-state index contributed by atoms with van der Waals surface area (Å²) in [6.07, 6.45) is 1.95. The summed E-state index contributed by atoms with van der Waals surface area (Å²) < 4.78 is 10.9. The first-order chi connectivity index (χ1) is 10.8. The van der Waals surface area contributed by atoms with Crippen molar-refractivity contribution in [3.63, 3.8) is 0 Å². The average molecular weight is 305 g/mol. The van der Waals surface area contributed by atoms with Crippen molar-refractivity contribution in [1.82, 2.24) is 10.8 Å². The normalized spacial score (nSPS) is 22.1. The maximum absolute atomic E-state index is 5.61. The Hall–Kier alpha value is -1.79. The summed E-state index contributed by atoms with van der Waals surface area (Å²) in [6.45, 7) is 4.61. The number of ether oxygens (including phenoxy) is 2. The number of piperidine rings is 1. The Labute approximate surface area is 130 Å². The van der Waals surface area contributed by atoms with E-state index in [0.717, 1.165) is 43.1 Å². The highest BCUT2D eigenvalue weighted by molar-refractivity contribution is 5.80. The maximum Gasteiger partial charge on any atom is 0.214 e. The van der Waals surface area contributed by atoms with E-state index in [2.05, 4.69) is 10.8 Å². The number of hydrogen-bond acceptors (Lipinski definition) is 6. The molecule has 0 aliphatic carbocycles. The van der Waals surface area contributed by atoms with Gasteiger partial charge in [0.15, 0.2) is 17.7 Å². The van der Waals surface area contributed by atoms with E-state index in [1.54, 1.807) is 7.11 Å². The van der Waals surface area contributed by atoms with Gasteiger partial charge in [0.05, 0.1) is 13.7 Å². The molecular formula is C16H23N3O3. The molecular weight excluding hydrogens is 282 g/mol. The third-order valence-corrected chi connectivity index (χ3v) is 4.02. The quantitative estimate of drug-likeness (QED) is 0.871. The highest BCUT2D eigenvalue weighted by Crippen LogP contribution is 2.32. The van der Waals surface area contributed by atoms with Crippen LogP contribution in [-0.4, -0.2) is 32.7 Å². The van der Waals surface area contributed by atoms with Gasteiger partial charge in [-0.1, -0.05) is 6.07 Å². The van der Waals surface area contributed by atoms with Gasteiger partial charge in [0.1, 0.15) is 0 Å². The van der Waals surface area contributed by atoms with Crippen LogP contribution in [0.5, 0.6) is 11.5 Å². The average Bonchev–Trinajstić information content (AvgIpc) is 3.06. The van der Waals surface area contributed by atoms with Gasteiger partial charge in [0, 0.05) is 5.92 Å². The number of nitrogens with one attached hydrogen (secondary N) is 2. The molecule has 6 nitrogen and oxygen atoms in total. The van der Waals surface area contributed by atoms with Crippen LogP contribution in [0, 0.1) is 5.92 Å². The molecule has 120 valence electrons. The number of hydrogen-bond donors (Lipinski definition) is 2. The Morgan fingerprint density at radius 1 is 1.27 bits per heavy atom. The molecule has 0 amide bonds. The van der Waals surface area contributed by atoms with Gasteiger partial charge in [0.25, 0.3) is 0 Å². The lowest BCUT2D eigenvalue weighted by Crippen LogP contribution is -2.32. The highest BCUT2D eigenvalue weighted by Gasteiger charge is 2.28. The molecule has 0 bridgehead atoms. The van der Waals surface area contributed by atoms with Gasteiger partial charge in [0.2, 0.25) is 5.90 Å². The topological polar surface area (TPSA) is 64.1 Å². The highest BCUT2D eigenvalue weighted by atomic mass is 16.7. The molecule has 2 aliphatic rings. The Balaban J connectivity index is 1.75. The molecule has 1 aromatic carbocycles. The predicted octanol–water partition coefficient (Wildman–Crippen LogP) is 2.03. The van der Waals surface area contributed by atoms with E-state index in [4.69, 9.17) is 19.3 Å². The van der Waals surface area contributed by atoms with E-state index >= 15 is 0 Å². The predicted molar refractivity (Wildman–Crippen MR) is 84.2 cm³/mol. The van der Waals surface area contributed by atoms with Gasteiger partial charge in [-0.3, -0.25) is 0 Å². The van der Waals surface area contributed by atoms with Crippen molar-refractivity contribution < 1.29 is 14.3 Å². The molecule has 1 fully saturated rings. The number of methoxy groups -OCH3 is 1. The number of hydroxylamine groups is 1. The van der Waals surface area contributed by atoms with Gasteiger partial charge < -0.3 is 19.6 Å². The molecule has 2 N–H and O–H groups in total. The van der Waals surface area contributed by atoms with Crippen LogP contribution in [0.3, 0.4) is 0 Å². The standard InChI is InChI=1S/C16H23N3O3/c1-3-21-13-5-4-12(10-14(13)20-2)15-18-16(22-19-15)11-6-8-17-9-7-11/h4-5,10-11,15,17,19H,3,6-9H2,1-2H3. The SMILES string of the molecule is CCOc1ccc(C2N=C(C3CCNCC3)ON2)cc1OC. The monoisotopic (exact) mass is 305 g/mol. The van der Waals surface area contributed by atoms with E-state index in [1.165, 1.54) is 0 Å². The number of rotatable bonds is 5. The zero-order chi connectivity index (χ0) is 15.4. The molecule has 2 aliphatic heterocycles. The summed E-state index contributed by atoms with van der Waals surface area (Å²) in [5.74, 6) is 2.68. The summed E-state index contributed by atoms with van der Waals surface area (Å²) in [6, 6.07) is 5.85. The zero-order valence-electron chi connectivity index (χ0n) is 13.1. The molecule has 0 spiro atoms. The summed E-state index contributed by atoms with van der Waals surface area (Å²) in [5, 5.41) is 3.35. The number of aliphatic imine (C=N–C) groups is 1. The lowest BCUT2D eigenvalue weighted by Gasteiger charge is -2.20. The first-order valence-corrected chi connectivity index (χ1v) is 7.83. The zero-order valence-corrected chi connectivity index (χ0v) is 13.1. The number of benzene rings is 1. The van der Waals surface area contributed by atoms with Crippen LogP contribution in [0.1, 0.15) is 31.5 Å². The van der Waals surface area contributed by atoms with Crippen molar-refractivity contribution >= 4 is 5.90 Å². The third-order valence-electron chi connectivity index (χ3n) is 4.02. The molecule has 6 heteroatoms. The van der Waals surface area contributed by atoms with E-state index in [-0.39, 0.29) is 6.17 Å². The van der Waals surface area contributed by atoms with Crippen LogP contribution < -0.4 is 20.3 Å². The molecule has 0 radical (unpaired) electrons. The second-order valence-corrected chi connectivity index (χ2v) is 5.46. The second-order valence-electron chi connectivity index (χ2n) is 5.46. The first kappa shape index (κ1) is 15.1. The van der Waals surface area contributed by atoms with E-state index in [9.17, 15) is 0 Å². The van der Waals surface area contributed by atoms with Gasteiger partial charge in [-0.25, -0.2) is 4.99 Å². The molecule has 2 heterocycles. The van der Waals surface area contributed by atoms with Crippen molar-refractivity contribution in [2.75, 3.05) is 26.8 Å². The van der Waals surface area contributed by atoms with Crippen LogP contribution in [0.2, 0.25) is 0 Å². The molecule has 1 saturated heterocycles. The van der Waals surface area contributed by atoms with Gasteiger partial charge >= 0.3 is 0 Å². The number of nitrogens with zero attached hydrogens (tertiary/aromatic N) is 1. The molecule has 1 aromatic rings. The van der Waals surface area contributed by atoms with Crippen molar-refractivity contribution in [3.8, 4) is 11.5 Å². The fraction of sp³-hybridized carbons (Fsp3) is 0.562. The van der Waals surface area contributed by atoms with Gasteiger partial charge in [-0.15, -0.1) is 5.48 Å². The molecule has 22 heavy (non-hydrogen) atoms. The third kappa shape index (κ3) is 3.18. The van der Waals surface area contributed by atoms with Gasteiger partial charge in [-0.2, -0.15) is 0 Å². The van der Waals surface area contributed by atoms with Crippen LogP contribution in [0.25, 0.3) is 0 Å². The van der Waals surface area contributed by atoms with E-state index < -0.39 is 0 Å². The molecule has 1 unspecified atom stereocenters. The van der Waals surface area contributed by atoms with E-state index in [1.807, 2.05) is 25.1 Å². The minimum Gasteiger partial charge on any atom is -0.493 e. The Morgan fingerprint density at radius 2 is 2.09 bits per heavy atom. The van der Waals surface area contributed by atoms with Gasteiger partial charge in [-0.05, 0) is 50.6 Å². The fourth-order valence-corrected chi connectivity index (χ4v) is 2.83. The van der Waals surface area contributed by atoms with E-state index in [0.29, 0.717) is 18.3 Å². The minimum absolute atomic E-state index is 0.186. The Bertz CT molecular complexity index is 541. The van der Waals surface area contributed by atoms with Crippen LogP contribution in [0.4, 0.5) is 0 Å². The lowest BCUT2D eigenvalue weighted by atomic mass is 9.98. The Morgan fingerprint density at radius 3 is 2.82 bits per heavy atom. The maximum atomic E-state index is 5.61. The largest absolute Gasteiger partial charge is 0.493 e. The summed E-state index contributed by atoms with van der Waals surface area (Å²) in [5.41, 5.74) is 4.01. The fourth-order valence-electron chi connectivity index (χ4n) is 2.83. The molecule has 0 saturated carbocycles. The minimum atomic E-state index is -0.186. The van der Waals surface area contributed by atoms with Crippen LogP contribution in [-0.2, 0) is 4.84 Å². The Kier molecular flexibility index (Phi) is 4.80. The first-order valence-electron chi connectivity index (χ1n) is 7.83. The molecule has 1 atom stereocenters. The van der Waals surface area contributed by atoms with Crippen molar-refractivity contribution in [3.05, 3.63) is 23.8 Å².